The Morgan fingerprint density at radius 1 is 1.61 bits per heavy atom. The third-order valence-electron chi connectivity index (χ3n) is 2.21. The summed E-state index contributed by atoms with van der Waals surface area (Å²) in [6.45, 7) is 2.88. The number of nitriles is 1. The second-order valence-corrected chi connectivity index (χ2v) is 3.34. The van der Waals surface area contributed by atoms with Gasteiger partial charge in [-0.15, -0.1) is 0 Å². The summed E-state index contributed by atoms with van der Waals surface area (Å²) < 4.78 is 11.2. The molecule has 0 aliphatic heterocycles. The normalized spacial score (nSPS) is 9.83. The zero-order valence-electron chi connectivity index (χ0n) is 10.4. The molecule has 0 unspecified atom stereocenters. The molecule has 18 heavy (non-hydrogen) atoms. The summed E-state index contributed by atoms with van der Waals surface area (Å²) in [7, 11) is 2.82. The molecule has 0 aromatic carbocycles. The van der Waals surface area contributed by atoms with Crippen molar-refractivity contribution in [3.05, 3.63) is 23.5 Å². The van der Waals surface area contributed by atoms with Crippen LogP contribution >= 0.6 is 0 Å². The molecule has 1 aromatic heterocycles. The number of esters is 1. The van der Waals surface area contributed by atoms with Crippen molar-refractivity contribution in [2.75, 3.05) is 20.3 Å². The molecule has 0 aliphatic carbocycles. The van der Waals surface area contributed by atoms with Crippen LogP contribution in [0.3, 0.4) is 0 Å². The Balaban J connectivity index is 2.85. The molecule has 0 spiro atoms. The molecule has 0 aliphatic rings. The van der Waals surface area contributed by atoms with Crippen molar-refractivity contribution in [1.82, 2.24) is 4.57 Å². The molecule has 0 radical (unpaired) electrons. The first-order valence-electron chi connectivity index (χ1n) is 5.52. The van der Waals surface area contributed by atoms with E-state index < -0.39 is 5.97 Å². The second-order valence-electron chi connectivity index (χ2n) is 3.34. The van der Waals surface area contributed by atoms with E-state index in [0.29, 0.717) is 31.1 Å². The van der Waals surface area contributed by atoms with Crippen LogP contribution in [0.25, 0.3) is 0 Å². The van der Waals surface area contributed by atoms with E-state index in [9.17, 15) is 4.79 Å². The zero-order chi connectivity index (χ0) is 13.4. The van der Waals surface area contributed by atoms with Gasteiger partial charge in [0.15, 0.2) is 0 Å². The number of carbonyl (C=O) groups excluding carboxylic acids is 1. The van der Waals surface area contributed by atoms with Gasteiger partial charge < -0.3 is 0 Å². The predicted molar refractivity (Wildman–Crippen MR) is 65.2 cm³/mol. The van der Waals surface area contributed by atoms with Gasteiger partial charge in [0, 0.05) is 0 Å². The van der Waals surface area contributed by atoms with Crippen molar-refractivity contribution in [3.63, 3.8) is 0 Å². The monoisotopic (exact) mass is 247 g/mol. The third kappa shape index (κ3) is 3.45. The van der Waals surface area contributed by atoms with Crippen LogP contribution in [0.2, 0.25) is 0 Å². The van der Waals surface area contributed by atoms with Gasteiger partial charge in [-0.05, 0) is 0 Å². The Hall–Kier alpha value is -2.10. The fraction of sp³-hybridized carbons (Fsp3) is 0.455. The molecular formula is C11H14BN3O3. The van der Waals surface area contributed by atoms with E-state index in [4.69, 9.17) is 10.00 Å². The van der Waals surface area contributed by atoms with Crippen LogP contribution in [-0.4, -0.2) is 38.1 Å². The first-order chi connectivity index (χ1) is 8.74. The maximum atomic E-state index is 11.7. The maximum absolute atomic E-state index is 11.7. The number of hydrogen-bond acceptors (Lipinski definition) is 5. The average Bonchev–Trinajstić information content (AvgIpc) is 2.78. The van der Waals surface area contributed by atoms with E-state index in [-0.39, 0.29) is 0 Å². The Labute approximate surface area is 106 Å². The Morgan fingerprint density at radius 3 is 3.00 bits per heavy atom. The van der Waals surface area contributed by atoms with Crippen molar-refractivity contribution in [2.45, 2.75) is 13.5 Å². The predicted octanol–water partition coefficient (Wildman–Crippen LogP) is 0.986. The van der Waals surface area contributed by atoms with Gasteiger partial charge in [0.1, 0.15) is 0 Å². The van der Waals surface area contributed by atoms with Crippen molar-refractivity contribution < 1.29 is 14.2 Å². The number of rotatable bonds is 6. The summed E-state index contributed by atoms with van der Waals surface area (Å²) in [4.78, 5) is 15.6. The van der Waals surface area contributed by atoms with Crippen LogP contribution in [0.15, 0.2) is 17.0 Å². The van der Waals surface area contributed by atoms with Gasteiger partial charge in [-0.25, -0.2) is 0 Å². The van der Waals surface area contributed by atoms with E-state index in [1.54, 1.807) is 23.6 Å². The molecule has 0 N–H and O–H groups in total. The minimum atomic E-state index is -0.435. The van der Waals surface area contributed by atoms with Crippen LogP contribution in [0.1, 0.15) is 23.1 Å². The molecule has 7 heteroatoms. The molecule has 0 amide bonds. The third-order valence-corrected chi connectivity index (χ3v) is 2.21. The SMILES string of the molecule is CCOC(=O)c1ccc(C#N)n1CCN=BOC. The number of nitrogens with zero attached hydrogens (tertiary/aromatic N) is 3. The van der Waals surface area contributed by atoms with Gasteiger partial charge in [-0.3, -0.25) is 0 Å². The van der Waals surface area contributed by atoms with Crippen LogP contribution < -0.4 is 0 Å². The molecule has 0 bridgehead atoms. The number of hydrogen-bond donors (Lipinski definition) is 0. The average molecular weight is 247 g/mol. The minimum absolute atomic E-state index is 0.299. The Morgan fingerprint density at radius 2 is 2.39 bits per heavy atom. The standard InChI is InChI=1S/C11H14BN3O3/c1-3-18-11(16)10-5-4-9(8-13)15(10)7-6-14-12-17-2/h4-5H,3,6-7H2,1-2H3. The van der Waals surface area contributed by atoms with Crippen LogP contribution in [-0.2, 0) is 15.9 Å². The van der Waals surface area contributed by atoms with Crippen molar-refractivity contribution in [2.24, 2.45) is 4.90 Å². The first kappa shape index (κ1) is 14.0. The van der Waals surface area contributed by atoms with Gasteiger partial charge in [0.25, 0.3) is 0 Å². The molecular weight excluding hydrogens is 233 g/mol. The van der Waals surface area contributed by atoms with E-state index in [0.717, 1.165) is 0 Å². The second kappa shape index (κ2) is 7.27. The van der Waals surface area contributed by atoms with E-state index in [2.05, 4.69) is 9.55 Å². The van der Waals surface area contributed by atoms with E-state index in [1.807, 2.05) is 6.07 Å². The van der Waals surface area contributed by atoms with E-state index in [1.165, 1.54) is 14.4 Å². The van der Waals surface area contributed by atoms with Crippen molar-refractivity contribution in [1.29, 1.82) is 5.26 Å². The van der Waals surface area contributed by atoms with Crippen LogP contribution in [0, 0.1) is 11.3 Å². The van der Waals surface area contributed by atoms with Gasteiger partial charge in [-0.2, -0.15) is 0 Å². The van der Waals surface area contributed by atoms with Crippen LogP contribution in [0.5, 0.6) is 0 Å². The molecule has 0 saturated heterocycles. The van der Waals surface area contributed by atoms with Gasteiger partial charge in [-0.1, -0.05) is 0 Å². The molecule has 1 heterocycles. The molecule has 0 atom stereocenters. The molecule has 6 nitrogen and oxygen atoms in total. The van der Waals surface area contributed by atoms with Gasteiger partial charge in [0.05, 0.1) is 0 Å². The molecule has 94 valence electrons. The molecule has 0 fully saturated rings. The summed E-state index contributed by atoms with van der Waals surface area (Å²) in [6, 6.07) is 5.20. The quantitative estimate of drug-likeness (QED) is 0.554. The van der Waals surface area contributed by atoms with E-state index >= 15 is 0 Å². The summed E-state index contributed by atoms with van der Waals surface area (Å²) in [5, 5.41) is 8.96. The topological polar surface area (TPSA) is 76.6 Å². The summed E-state index contributed by atoms with van der Waals surface area (Å²) in [5.74, 6) is -0.435. The fourth-order valence-corrected chi connectivity index (χ4v) is 1.47. The molecule has 1 aromatic rings. The van der Waals surface area contributed by atoms with Gasteiger partial charge >= 0.3 is 105 Å². The number of carbonyl (C=O) groups is 1. The Bertz CT molecular complexity index is 476. The van der Waals surface area contributed by atoms with Crippen LogP contribution in [0.4, 0.5) is 0 Å². The van der Waals surface area contributed by atoms with Crippen molar-refractivity contribution >= 4 is 13.2 Å². The zero-order valence-corrected chi connectivity index (χ0v) is 10.4. The summed E-state index contributed by atoms with van der Waals surface area (Å²) in [5.41, 5.74) is 0.770. The molecule has 1 rings (SSSR count). The number of ether oxygens (including phenoxy) is 1. The van der Waals surface area contributed by atoms with Gasteiger partial charge in [0.2, 0.25) is 0 Å². The fourth-order valence-electron chi connectivity index (χ4n) is 1.47. The summed E-state index contributed by atoms with van der Waals surface area (Å²) in [6.07, 6.45) is 0. The molecule has 0 saturated carbocycles. The number of aromatic nitrogens is 1. The Kier molecular flexibility index (Phi) is 5.64. The summed E-state index contributed by atoms with van der Waals surface area (Å²) >= 11 is 0. The van der Waals surface area contributed by atoms with Crippen molar-refractivity contribution in [3.8, 4) is 6.07 Å². The first-order valence-corrected chi connectivity index (χ1v) is 5.52.